The van der Waals surface area contributed by atoms with Crippen LogP contribution in [0.3, 0.4) is 0 Å². The Morgan fingerprint density at radius 3 is 1.87 bits per heavy atom. The Bertz CT molecular complexity index is 1120. The molecule has 0 aliphatic carbocycles. The molecule has 0 radical (unpaired) electrons. The fourth-order valence-corrected chi connectivity index (χ4v) is 3.81. The van der Waals surface area contributed by atoms with E-state index in [-0.39, 0.29) is 11.8 Å². The number of hydrogen-bond donors (Lipinski definition) is 0. The average molecular weight is 412 g/mol. The van der Waals surface area contributed by atoms with E-state index in [2.05, 4.69) is 0 Å². The minimum absolute atomic E-state index is 0.302. The molecule has 3 aromatic carbocycles. The summed E-state index contributed by atoms with van der Waals surface area (Å²) in [5.41, 5.74) is 4.22. The standard InChI is InChI=1S/C26H25N3O2/c1-27(2)21-14-16-22(17-15-21)29-25(30)23(20-12-8-5-9-13-20)24(26(29)31)28(3)18-19-10-6-4-7-11-19/h4-17H,18H2,1-3H3. The molecule has 0 spiro atoms. The van der Waals surface area contributed by atoms with Gasteiger partial charge in [-0.2, -0.15) is 0 Å². The van der Waals surface area contributed by atoms with Gasteiger partial charge >= 0.3 is 0 Å². The van der Waals surface area contributed by atoms with Crippen molar-refractivity contribution in [3.63, 3.8) is 0 Å². The zero-order chi connectivity index (χ0) is 22.0. The third kappa shape index (κ3) is 3.94. The van der Waals surface area contributed by atoms with Gasteiger partial charge in [0.15, 0.2) is 0 Å². The van der Waals surface area contributed by atoms with Gasteiger partial charge in [0.2, 0.25) is 0 Å². The molecule has 1 aliphatic heterocycles. The molecular formula is C26H25N3O2. The van der Waals surface area contributed by atoms with Gasteiger partial charge in [0.25, 0.3) is 11.8 Å². The highest BCUT2D eigenvalue weighted by molar-refractivity contribution is 6.45. The molecule has 5 nitrogen and oxygen atoms in total. The minimum atomic E-state index is -0.306. The van der Waals surface area contributed by atoms with Gasteiger partial charge in [0.1, 0.15) is 5.70 Å². The van der Waals surface area contributed by atoms with Gasteiger partial charge in [0.05, 0.1) is 11.3 Å². The molecule has 0 N–H and O–H groups in total. The molecule has 31 heavy (non-hydrogen) atoms. The van der Waals surface area contributed by atoms with E-state index in [0.717, 1.165) is 16.8 Å². The first-order valence-electron chi connectivity index (χ1n) is 10.2. The highest BCUT2D eigenvalue weighted by Crippen LogP contribution is 2.35. The van der Waals surface area contributed by atoms with E-state index in [1.165, 1.54) is 4.90 Å². The Labute approximate surface area is 182 Å². The van der Waals surface area contributed by atoms with E-state index in [0.29, 0.717) is 23.5 Å². The van der Waals surface area contributed by atoms with Crippen LogP contribution in [-0.2, 0) is 16.1 Å². The Hall–Kier alpha value is -3.86. The molecule has 0 unspecified atom stereocenters. The second-order valence-corrected chi connectivity index (χ2v) is 7.79. The summed E-state index contributed by atoms with van der Waals surface area (Å²) in [6.45, 7) is 0.527. The van der Waals surface area contributed by atoms with Crippen molar-refractivity contribution >= 4 is 28.8 Å². The Kier molecular flexibility index (Phi) is 5.58. The molecule has 2 amide bonds. The number of anilines is 2. The number of likely N-dealkylation sites (N-methyl/N-ethyl adjacent to an activating group) is 1. The number of carbonyl (C=O) groups excluding carboxylic acids is 2. The SMILES string of the molecule is CN(Cc1ccccc1)C1=C(c2ccccc2)C(=O)N(c2ccc(N(C)C)cc2)C1=O. The molecule has 156 valence electrons. The van der Waals surface area contributed by atoms with E-state index < -0.39 is 0 Å². The highest BCUT2D eigenvalue weighted by Gasteiger charge is 2.41. The number of rotatable bonds is 6. The van der Waals surface area contributed by atoms with Crippen LogP contribution >= 0.6 is 0 Å². The summed E-state index contributed by atoms with van der Waals surface area (Å²) in [5, 5.41) is 0. The lowest BCUT2D eigenvalue weighted by atomic mass is 10.0. The van der Waals surface area contributed by atoms with Gasteiger partial charge in [-0.1, -0.05) is 60.7 Å². The van der Waals surface area contributed by atoms with Crippen molar-refractivity contribution in [2.24, 2.45) is 0 Å². The van der Waals surface area contributed by atoms with Gasteiger partial charge < -0.3 is 9.80 Å². The molecule has 0 bridgehead atoms. The fourth-order valence-electron chi connectivity index (χ4n) is 3.81. The van der Waals surface area contributed by atoms with Gasteiger partial charge in [0, 0.05) is 33.4 Å². The van der Waals surface area contributed by atoms with Gasteiger partial charge in [-0.15, -0.1) is 0 Å². The zero-order valence-corrected chi connectivity index (χ0v) is 17.9. The van der Waals surface area contributed by atoms with Crippen molar-refractivity contribution in [1.82, 2.24) is 4.90 Å². The van der Waals surface area contributed by atoms with Crippen LogP contribution in [0.15, 0.2) is 90.6 Å². The van der Waals surface area contributed by atoms with Crippen LogP contribution in [0.2, 0.25) is 0 Å². The Balaban J connectivity index is 1.75. The second kappa shape index (κ2) is 8.48. The Morgan fingerprint density at radius 1 is 0.710 bits per heavy atom. The number of amides is 2. The van der Waals surface area contributed by atoms with Crippen molar-refractivity contribution in [1.29, 1.82) is 0 Å². The van der Waals surface area contributed by atoms with Crippen molar-refractivity contribution in [2.75, 3.05) is 30.9 Å². The van der Waals surface area contributed by atoms with Crippen LogP contribution in [0, 0.1) is 0 Å². The number of hydrogen-bond acceptors (Lipinski definition) is 4. The van der Waals surface area contributed by atoms with Gasteiger partial charge in [-0.05, 0) is 35.4 Å². The first kappa shape index (κ1) is 20.4. The van der Waals surface area contributed by atoms with E-state index >= 15 is 0 Å². The molecule has 0 fully saturated rings. The summed E-state index contributed by atoms with van der Waals surface area (Å²) < 4.78 is 0. The lowest BCUT2D eigenvalue weighted by Gasteiger charge is -2.22. The summed E-state index contributed by atoms with van der Waals surface area (Å²) in [7, 11) is 5.76. The molecule has 0 atom stereocenters. The zero-order valence-electron chi connectivity index (χ0n) is 17.9. The quantitative estimate of drug-likeness (QED) is 0.571. The normalized spacial score (nSPS) is 13.7. The molecule has 0 aromatic heterocycles. The molecule has 1 heterocycles. The van der Waals surface area contributed by atoms with Crippen LogP contribution in [0.4, 0.5) is 11.4 Å². The number of imide groups is 1. The monoisotopic (exact) mass is 411 g/mol. The number of carbonyl (C=O) groups is 2. The van der Waals surface area contributed by atoms with Crippen LogP contribution in [0.25, 0.3) is 5.57 Å². The predicted octanol–water partition coefficient (Wildman–Crippen LogP) is 4.17. The maximum absolute atomic E-state index is 13.5. The van der Waals surface area contributed by atoms with Gasteiger partial charge in [-0.3, -0.25) is 9.59 Å². The Morgan fingerprint density at radius 2 is 1.29 bits per heavy atom. The minimum Gasteiger partial charge on any atom is -0.378 e. The average Bonchev–Trinajstić information content (AvgIpc) is 3.05. The van der Waals surface area contributed by atoms with Crippen LogP contribution in [-0.4, -0.2) is 37.9 Å². The molecule has 3 aromatic rings. The van der Waals surface area contributed by atoms with Crippen molar-refractivity contribution in [3.05, 3.63) is 102 Å². The summed E-state index contributed by atoms with van der Waals surface area (Å²) in [6.07, 6.45) is 0. The third-order valence-corrected chi connectivity index (χ3v) is 5.39. The van der Waals surface area contributed by atoms with E-state index in [1.54, 1.807) is 0 Å². The van der Waals surface area contributed by atoms with E-state index in [4.69, 9.17) is 0 Å². The molecule has 0 saturated heterocycles. The summed E-state index contributed by atoms with van der Waals surface area (Å²) >= 11 is 0. The third-order valence-electron chi connectivity index (χ3n) is 5.39. The summed E-state index contributed by atoms with van der Waals surface area (Å²) in [5.74, 6) is -0.608. The maximum Gasteiger partial charge on any atom is 0.282 e. The van der Waals surface area contributed by atoms with Crippen molar-refractivity contribution in [3.8, 4) is 0 Å². The second-order valence-electron chi connectivity index (χ2n) is 7.79. The molecule has 5 heteroatoms. The first-order chi connectivity index (χ1) is 15.0. The lowest BCUT2D eigenvalue weighted by molar-refractivity contribution is -0.120. The van der Waals surface area contributed by atoms with Crippen LogP contribution < -0.4 is 9.80 Å². The molecule has 1 aliphatic rings. The summed E-state index contributed by atoms with van der Waals surface area (Å²) in [6, 6.07) is 26.8. The first-order valence-corrected chi connectivity index (χ1v) is 10.2. The topological polar surface area (TPSA) is 43.9 Å². The van der Waals surface area contributed by atoms with Crippen molar-refractivity contribution < 1.29 is 9.59 Å². The fraction of sp³-hybridized carbons (Fsp3) is 0.154. The maximum atomic E-state index is 13.5. The molecule has 0 saturated carbocycles. The van der Waals surface area contributed by atoms with Gasteiger partial charge in [-0.25, -0.2) is 4.90 Å². The molecule has 4 rings (SSSR count). The summed E-state index contributed by atoms with van der Waals surface area (Å²) in [4.78, 5) is 32.2. The van der Waals surface area contributed by atoms with E-state index in [1.807, 2.05) is 116 Å². The lowest BCUT2D eigenvalue weighted by Crippen LogP contribution is -2.34. The highest BCUT2D eigenvalue weighted by atomic mass is 16.2. The predicted molar refractivity (Wildman–Crippen MR) is 125 cm³/mol. The smallest absolute Gasteiger partial charge is 0.282 e. The van der Waals surface area contributed by atoms with Crippen LogP contribution in [0.1, 0.15) is 11.1 Å². The molecular weight excluding hydrogens is 386 g/mol. The van der Waals surface area contributed by atoms with E-state index in [9.17, 15) is 9.59 Å². The number of benzene rings is 3. The number of nitrogens with zero attached hydrogens (tertiary/aromatic N) is 3. The largest absolute Gasteiger partial charge is 0.378 e. The van der Waals surface area contributed by atoms with Crippen molar-refractivity contribution in [2.45, 2.75) is 6.54 Å². The van der Waals surface area contributed by atoms with Crippen LogP contribution in [0.5, 0.6) is 0 Å².